The topological polar surface area (TPSA) is 72.8 Å². The molecule has 1 aromatic rings. The smallest absolute Gasteiger partial charge is 0.379 e. The molecule has 0 aromatic carbocycles. The molecule has 3 rings (SSSR count). The predicted molar refractivity (Wildman–Crippen MR) is 89.4 cm³/mol. The number of hydrogen-bond acceptors (Lipinski definition) is 6. The Balaban J connectivity index is 2.06. The molecule has 2 heterocycles. The minimum absolute atomic E-state index is 0.00263. The van der Waals surface area contributed by atoms with E-state index in [0.717, 1.165) is 4.88 Å². The SMILES string of the molecule is CCOC(=O)C1(O)C[C@@H](c2cccs2)C2=C(CC(C)(C)CC2=O)O1. The van der Waals surface area contributed by atoms with Gasteiger partial charge in [-0.15, -0.1) is 11.3 Å². The molecule has 1 aliphatic carbocycles. The van der Waals surface area contributed by atoms with Crippen molar-refractivity contribution >= 4 is 23.1 Å². The molecule has 130 valence electrons. The van der Waals surface area contributed by atoms with Crippen LogP contribution in [-0.4, -0.2) is 29.3 Å². The van der Waals surface area contributed by atoms with Crippen molar-refractivity contribution in [1.82, 2.24) is 0 Å². The lowest BCUT2D eigenvalue weighted by molar-refractivity contribution is -0.225. The van der Waals surface area contributed by atoms with Crippen LogP contribution in [-0.2, 0) is 19.1 Å². The van der Waals surface area contributed by atoms with Gasteiger partial charge in [-0.05, 0) is 23.8 Å². The molecule has 5 nitrogen and oxygen atoms in total. The van der Waals surface area contributed by atoms with Crippen LogP contribution < -0.4 is 0 Å². The maximum atomic E-state index is 12.7. The van der Waals surface area contributed by atoms with Gasteiger partial charge in [-0.3, -0.25) is 4.79 Å². The van der Waals surface area contributed by atoms with Crippen LogP contribution in [0.15, 0.2) is 28.8 Å². The van der Waals surface area contributed by atoms with Crippen LogP contribution in [0, 0.1) is 5.41 Å². The van der Waals surface area contributed by atoms with Gasteiger partial charge in [-0.1, -0.05) is 19.9 Å². The van der Waals surface area contributed by atoms with Crippen molar-refractivity contribution in [2.75, 3.05) is 6.61 Å². The van der Waals surface area contributed by atoms with Crippen molar-refractivity contribution in [3.05, 3.63) is 33.7 Å². The zero-order valence-corrected chi connectivity index (χ0v) is 14.9. The normalized spacial score (nSPS) is 29.0. The van der Waals surface area contributed by atoms with Crippen LogP contribution in [0.4, 0.5) is 0 Å². The molecule has 0 amide bonds. The molecule has 2 aliphatic rings. The van der Waals surface area contributed by atoms with Crippen LogP contribution in [0.5, 0.6) is 0 Å². The highest BCUT2D eigenvalue weighted by atomic mass is 32.1. The second-order valence-electron chi connectivity index (χ2n) is 7.16. The van der Waals surface area contributed by atoms with Crippen molar-refractivity contribution in [2.45, 2.75) is 51.7 Å². The number of Topliss-reactive ketones (excluding diaryl/α,β-unsaturated/α-hetero) is 1. The van der Waals surface area contributed by atoms with Gasteiger partial charge in [-0.25, -0.2) is 4.79 Å². The van der Waals surface area contributed by atoms with Crippen molar-refractivity contribution in [3.8, 4) is 0 Å². The minimum Gasteiger partial charge on any atom is -0.461 e. The number of thiophene rings is 1. The Kier molecular flexibility index (Phi) is 4.30. The number of carbonyl (C=O) groups excluding carboxylic acids is 2. The number of esters is 1. The third-order valence-corrected chi connectivity index (χ3v) is 5.47. The number of rotatable bonds is 3. The molecule has 0 fully saturated rings. The Morgan fingerprint density at radius 1 is 1.46 bits per heavy atom. The molecular weight excluding hydrogens is 328 g/mol. The van der Waals surface area contributed by atoms with Gasteiger partial charge < -0.3 is 14.6 Å². The minimum atomic E-state index is -2.04. The van der Waals surface area contributed by atoms with E-state index >= 15 is 0 Å². The van der Waals surface area contributed by atoms with E-state index in [-0.39, 0.29) is 30.1 Å². The van der Waals surface area contributed by atoms with Crippen molar-refractivity contribution in [1.29, 1.82) is 0 Å². The molecule has 2 atom stereocenters. The molecule has 1 unspecified atom stereocenters. The highest BCUT2D eigenvalue weighted by Crippen LogP contribution is 2.50. The quantitative estimate of drug-likeness (QED) is 0.848. The number of ketones is 1. The fraction of sp³-hybridized carbons (Fsp3) is 0.556. The van der Waals surface area contributed by atoms with Gasteiger partial charge in [-0.2, -0.15) is 0 Å². The highest BCUT2D eigenvalue weighted by Gasteiger charge is 2.52. The van der Waals surface area contributed by atoms with E-state index in [0.29, 0.717) is 24.2 Å². The Labute approximate surface area is 145 Å². The fourth-order valence-corrected chi connectivity index (χ4v) is 4.32. The van der Waals surface area contributed by atoms with Gasteiger partial charge in [0.15, 0.2) is 5.78 Å². The summed E-state index contributed by atoms with van der Waals surface area (Å²) in [6.07, 6.45) is 0.948. The van der Waals surface area contributed by atoms with Gasteiger partial charge in [0.1, 0.15) is 5.76 Å². The maximum Gasteiger partial charge on any atom is 0.379 e. The molecule has 0 saturated heterocycles. The molecule has 6 heteroatoms. The van der Waals surface area contributed by atoms with Crippen LogP contribution in [0.1, 0.15) is 50.8 Å². The first-order valence-electron chi connectivity index (χ1n) is 8.14. The second kappa shape index (κ2) is 6.01. The van der Waals surface area contributed by atoms with Gasteiger partial charge in [0.2, 0.25) is 0 Å². The molecule has 1 aromatic heterocycles. The average molecular weight is 350 g/mol. The third-order valence-electron chi connectivity index (χ3n) is 4.48. The zero-order valence-electron chi connectivity index (χ0n) is 14.1. The van der Waals surface area contributed by atoms with E-state index in [1.807, 2.05) is 31.4 Å². The number of allylic oxidation sites excluding steroid dienone is 2. The molecule has 0 bridgehead atoms. The van der Waals surface area contributed by atoms with E-state index in [1.165, 1.54) is 11.3 Å². The summed E-state index contributed by atoms with van der Waals surface area (Å²) < 4.78 is 10.7. The second-order valence-corrected chi connectivity index (χ2v) is 8.14. The Morgan fingerprint density at radius 2 is 2.21 bits per heavy atom. The first-order chi connectivity index (χ1) is 11.3. The molecular formula is C18H22O5S. The van der Waals surface area contributed by atoms with Crippen molar-refractivity contribution in [2.24, 2.45) is 5.41 Å². The van der Waals surface area contributed by atoms with Crippen LogP contribution in [0.25, 0.3) is 0 Å². The molecule has 24 heavy (non-hydrogen) atoms. The Hall–Kier alpha value is -1.66. The van der Waals surface area contributed by atoms with Gasteiger partial charge in [0, 0.05) is 35.6 Å². The molecule has 1 N–H and O–H groups in total. The van der Waals surface area contributed by atoms with Crippen molar-refractivity contribution < 1.29 is 24.2 Å². The zero-order chi connectivity index (χ0) is 17.5. The summed E-state index contributed by atoms with van der Waals surface area (Å²) >= 11 is 1.51. The van der Waals surface area contributed by atoms with E-state index in [4.69, 9.17) is 9.47 Å². The summed E-state index contributed by atoms with van der Waals surface area (Å²) in [6.45, 7) is 5.80. The maximum absolute atomic E-state index is 12.7. The van der Waals surface area contributed by atoms with Crippen LogP contribution in [0.2, 0.25) is 0 Å². The lowest BCUT2D eigenvalue weighted by Gasteiger charge is -2.42. The lowest BCUT2D eigenvalue weighted by Crippen LogP contribution is -2.49. The largest absolute Gasteiger partial charge is 0.461 e. The van der Waals surface area contributed by atoms with E-state index in [2.05, 4.69) is 0 Å². The highest BCUT2D eigenvalue weighted by molar-refractivity contribution is 7.10. The van der Waals surface area contributed by atoms with E-state index < -0.39 is 11.8 Å². The van der Waals surface area contributed by atoms with Crippen LogP contribution in [0.3, 0.4) is 0 Å². The number of carbonyl (C=O) groups is 2. The molecule has 0 spiro atoms. The number of hydrogen-bond donors (Lipinski definition) is 1. The average Bonchev–Trinajstić information content (AvgIpc) is 2.98. The standard InChI is InChI=1S/C18H22O5S/c1-4-22-16(20)18(21)8-11(14-6-5-7-24-14)15-12(19)9-17(2,3)10-13(15)23-18/h5-7,11,21H,4,8-10H2,1-3H3/t11-,18?/m0/s1. The Morgan fingerprint density at radius 3 is 2.83 bits per heavy atom. The molecule has 0 radical (unpaired) electrons. The molecule has 0 saturated carbocycles. The molecule has 1 aliphatic heterocycles. The number of aliphatic hydroxyl groups is 1. The monoisotopic (exact) mass is 350 g/mol. The first kappa shape index (κ1) is 17.2. The number of ether oxygens (including phenoxy) is 2. The summed E-state index contributed by atoms with van der Waals surface area (Å²) in [7, 11) is 0. The Bertz CT molecular complexity index is 688. The van der Waals surface area contributed by atoms with E-state index in [9.17, 15) is 14.7 Å². The van der Waals surface area contributed by atoms with E-state index in [1.54, 1.807) is 6.92 Å². The van der Waals surface area contributed by atoms with Crippen LogP contribution >= 0.6 is 11.3 Å². The van der Waals surface area contributed by atoms with Gasteiger partial charge >= 0.3 is 11.8 Å². The van der Waals surface area contributed by atoms with Crippen molar-refractivity contribution in [3.63, 3.8) is 0 Å². The van der Waals surface area contributed by atoms with Gasteiger partial charge in [0.25, 0.3) is 0 Å². The summed E-state index contributed by atoms with van der Waals surface area (Å²) in [6, 6.07) is 3.82. The summed E-state index contributed by atoms with van der Waals surface area (Å²) in [5, 5.41) is 12.7. The van der Waals surface area contributed by atoms with Gasteiger partial charge in [0.05, 0.1) is 6.61 Å². The first-order valence-corrected chi connectivity index (χ1v) is 9.02. The lowest BCUT2D eigenvalue weighted by atomic mass is 9.71. The third kappa shape index (κ3) is 3.00. The summed E-state index contributed by atoms with van der Waals surface area (Å²) in [5.74, 6) is -2.72. The predicted octanol–water partition coefficient (Wildman–Crippen LogP) is 3.15. The summed E-state index contributed by atoms with van der Waals surface area (Å²) in [5.41, 5.74) is 0.341. The fourth-order valence-electron chi connectivity index (χ4n) is 3.48. The summed E-state index contributed by atoms with van der Waals surface area (Å²) in [4.78, 5) is 25.9.